The molecule has 1 saturated heterocycles. The highest BCUT2D eigenvalue weighted by atomic mass is 32.2. The number of carbonyl (C=O) groups is 7. The van der Waals surface area contributed by atoms with Crippen LogP contribution in [0.3, 0.4) is 0 Å². The fourth-order valence-electron chi connectivity index (χ4n) is 10.3. The van der Waals surface area contributed by atoms with Gasteiger partial charge in [0.25, 0.3) is 5.91 Å². The third-order valence-electron chi connectivity index (χ3n) is 15.5. The van der Waals surface area contributed by atoms with Crippen molar-refractivity contribution in [2.75, 3.05) is 171 Å². The number of H-pyrrole nitrogens is 1. The van der Waals surface area contributed by atoms with Crippen molar-refractivity contribution in [2.24, 2.45) is 7.05 Å². The fraction of sp³-hybridized carbons (Fsp3) is 0.603. The number of nitrogens with one attached hydrogen (secondary N) is 8. The van der Waals surface area contributed by atoms with Gasteiger partial charge in [0.15, 0.2) is 5.95 Å². The molecule has 0 saturated carbocycles. The monoisotopic (exact) mass is 1350 g/mol. The Hall–Kier alpha value is -7.66. The summed E-state index contributed by atoms with van der Waals surface area (Å²) >= 11 is 0. The number of methoxy groups -OCH3 is 1. The Morgan fingerprint density at radius 1 is 0.695 bits per heavy atom. The number of hydrogen-bond donors (Lipinski definition) is 10. The molecule has 0 spiro atoms. The molecule has 2 aromatic heterocycles. The summed E-state index contributed by atoms with van der Waals surface area (Å²) in [6.07, 6.45) is 6.28. The first-order valence-corrected chi connectivity index (χ1v) is 33.6. The van der Waals surface area contributed by atoms with E-state index in [9.17, 15) is 57.0 Å². The number of carbonyl (C=O) groups excluding carboxylic acids is 5. The van der Waals surface area contributed by atoms with Crippen LogP contribution in [0, 0.1) is 13.8 Å². The third-order valence-corrected chi connectivity index (χ3v) is 17.3. The number of pyridine rings is 1. The largest absolute Gasteiger partial charge is 0.494 e. The van der Waals surface area contributed by atoms with Crippen molar-refractivity contribution >= 4 is 68.3 Å². The Balaban J connectivity index is 0.920. The van der Waals surface area contributed by atoms with E-state index in [2.05, 4.69) is 63.3 Å². The molecule has 32 heteroatoms. The second-order valence-corrected chi connectivity index (χ2v) is 24.7. The molecule has 2 aromatic carbocycles. The summed E-state index contributed by atoms with van der Waals surface area (Å²) in [6.45, 7) is 14.2. The number of aliphatic carboxylic acids is 2. The number of aryl methyl sites for hydroxylation is 3. The molecule has 0 radical (unpaired) electrons. The topological polar surface area (TPSA) is 388 Å². The number of fused-ring (bicyclic) bond motifs is 1. The number of imidazole rings is 1. The van der Waals surface area contributed by atoms with E-state index in [0.29, 0.717) is 142 Å². The van der Waals surface area contributed by atoms with Crippen molar-refractivity contribution in [3.63, 3.8) is 0 Å². The van der Waals surface area contributed by atoms with Gasteiger partial charge in [0.2, 0.25) is 39.1 Å². The van der Waals surface area contributed by atoms with Crippen LogP contribution in [0.25, 0.3) is 10.9 Å². The number of ether oxygens (including phenoxy) is 5. The molecule has 1 aliphatic rings. The predicted octanol–water partition coefficient (Wildman–Crippen LogP) is -0.143. The molecule has 0 aliphatic carbocycles. The molecule has 3 heterocycles. The van der Waals surface area contributed by atoms with Crippen LogP contribution in [0.15, 0.2) is 58.6 Å². The Labute approximate surface area is 555 Å². The maximum absolute atomic E-state index is 13.7. The summed E-state index contributed by atoms with van der Waals surface area (Å²) in [4.78, 5) is 118. The number of hydrogen-bond acceptors (Lipinski definition) is 21. The molecule has 1 fully saturated rings. The first-order chi connectivity index (χ1) is 45.6. The maximum atomic E-state index is 13.7. The summed E-state index contributed by atoms with van der Waals surface area (Å²) in [5.41, 5.74) is 1.09. The van der Waals surface area contributed by atoms with Crippen LogP contribution < -0.4 is 46.8 Å². The second kappa shape index (κ2) is 42.0. The number of carboxylic acids is 2. The molecule has 95 heavy (non-hydrogen) atoms. The third kappa shape index (κ3) is 28.7. The van der Waals surface area contributed by atoms with Gasteiger partial charge >= 0.3 is 11.9 Å². The highest BCUT2D eigenvalue weighted by Crippen LogP contribution is 2.26. The van der Waals surface area contributed by atoms with E-state index in [4.69, 9.17) is 23.7 Å². The van der Waals surface area contributed by atoms with Crippen LogP contribution in [0.5, 0.6) is 5.75 Å². The van der Waals surface area contributed by atoms with E-state index in [1.54, 1.807) is 42.2 Å². The van der Waals surface area contributed by atoms with Crippen LogP contribution in [0.1, 0.15) is 72.5 Å². The Kier molecular flexibility index (Phi) is 34.5. The number of likely N-dealkylation sites (N-methyl/N-ethyl adjacent to an activating group) is 2. The number of rotatable bonds is 42. The lowest BCUT2D eigenvalue weighted by Crippen LogP contribution is -2.52. The smallest absolute Gasteiger partial charge is 0.323 e. The summed E-state index contributed by atoms with van der Waals surface area (Å²) in [5, 5.41) is 36.6. The Morgan fingerprint density at radius 2 is 1.31 bits per heavy atom. The molecule has 5 rings (SSSR count). The molecule has 1 aliphatic heterocycles. The number of anilines is 1. The minimum atomic E-state index is -4.46. The zero-order valence-electron chi connectivity index (χ0n) is 55.6. The lowest BCUT2D eigenvalue weighted by Gasteiger charge is -2.32. The van der Waals surface area contributed by atoms with Crippen LogP contribution >= 0.6 is 0 Å². The van der Waals surface area contributed by atoms with E-state index < -0.39 is 57.8 Å². The first-order valence-electron chi connectivity index (χ1n) is 32.1. The highest BCUT2D eigenvalue weighted by Gasteiger charge is 2.30. The molecule has 528 valence electrons. The van der Waals surface area contributed by atoms with E-state index >= 15 is 0 Å². The van der Waals surface area contributed by atoms with E-state index in [1.807, 2.05) is 16.8 Å². The van der Waals surface area contributed by atoms with Crippen molar-refractivity contribution in [3.8, 4) is 5.75 Å². The van der Waals surface area contributed by atoms with Crippen molar-refractivity contribution in [1.82, 2.24) is 65.4 Å². The number of carboxylic acid groups (broad SMARTS) is 2. The van der Waals surface area contributed by atoms with Gasteiger partial charge in [-0.2, -0.15) is 4.72 Å². The molecule has 10 N–H and O–H groups in total. The van der Waals surface area contributed by atoms with Gasteiger partial charge in [0, 0.05) is 149 Å². The summed E-state index contributed by atoms with van der Waals surface area (Å²) in [5.74, 6) is -3.71. The van der Waals surface area contributed by atoms with Gasteiger partial charge in [-0.25, -0.2) is 13.4 Å². The van der Waals surface area contributed by atoms with Crippen LogP contribution in [0.4, 0.5) is 5.95 Å². The van der Waals surface area contributed by atoms with Crippen LogP contribution in [-0.2, 0) is 71.3 Å². The molecule has 4 aromatic rings. The maximum Gasteiger partial charge on any atom is 0.323 e. The quantitative estimate of drug-likeness (QED) is 0.0258. The summed E-state index contributed by atoms with van der Waals surface area (Å²) in [6, 6.07) is 5.34. The van der Waals surface area contributed by atoms with Crippen LogP contribution in [-0.4, -0.2) is 272 Å². The van der Waals surface area contributed by atoms with E-state index in [1.165, 1.54) is 39.3 Å². The van der Waals surface area contributed by atoms with E-state index in [-0.39, 0.29) is 90.2 Å². The minimum Gasteiger partial charge on any atom is -0.494 e. The second-order valence-electron chi connectivity index (χ2n) is 23.1. The van der Waals surface area contributed by atoms with Gasteiger partial charge < -0.3 is 85.1 Å². The van der Waals surface area contributed by atoms with Gasteiger partial charge in [0.05, 0.1) is 63.1 Å². The van der Waals surface area contributed by atoms with Gasteiger partial charge in [-0.05, 0) is 94.1 Å². The number of aromatic nitrogens is 3. The summed E-state index contributed by atoms with van der Waals surface area (Å²) in [7, 11) is 0.746. The van der Waals surface area contributed by atoms with E-state index in [0.717, 1.165) is 25.2 Å². The molecule has 1 unspecified atom stereocenters. The van der Waals surface area contributed by atoms with Gasteiger partial charge in [-0.15, -0.1) is 0 Å². The fourth-order valence-corrected chi connectivity index (χ4v) is 11.9. The summed E-state index contributed by atoms with van der Waals surface area (Å²) < 4.78 is 58.8. The van der Waals surface area contributed by atoms with Crippen molar-refractivity contribution in [3.05, 3.63) is 81.4 Å². The SMILES string of the molecule is CCN1CCN(C)CCN(CC(=O)O)CCN(CC(=O)N[C@H](CCC(=O)NCCOC)C(=O)NCCCOCCOCCOCCCNC(=O)CCCOc2cc(C)c(S(=O)(=O)NC(CNC(=O)c3cn(C)c4cc(CNc5ncc[nH]5)ccc4c3=O)C(=O)O)c(C)c2)CC1. The highest BCUT2D eigenvalue weighted by molar-refractivity contribution is 7.89. The average molecular weight is 1360 g/mol. The zero-order chi connectivity index (χ0) is 69.1. The molecule has 0 bridgehead atoms. The van der Waals surface area contributed by atoms with Gasteiger partial charge in [-0.3, -0.25) is 48.2 Å². The molecule has 31 nitrogen and oxygen atoms in total. The normalized spacial score (nSPS) is 14.6. The molecular formula is C63H98N14O17S. The van der Waals surface area contributed by atoms with Crippen molar-refractivity contribution in [1.29, 1.82) is 0 Å². The minimum absolute atomic E-state index is 0.000172. The predicted molar refractivity (Wildman–Crippen MR) is 354 cm³/mol. The lowest BCUT2D eigenvalue weighted by atomic mass is 10.1. The average Bonchev–Trinajstić information content (AvgIpc) is 0.814. The van der Waals surface area contributed by atoms with Gasteiger partial charge in [-0.1, -0.05) is 13.0 Å². The van der Waals surface area contributed by atoms with Crippen molar-refractivity contribution in [2.45, 2.75) is 82.8 Å². The lowest BCUT2D eigenvalue weighted by molar-refractivity contribution is -0.139. The zero-order valence-corrected chi connectivity index (χ0v) is 56.4. The number of sulfonamides is 1. The number of aromatic amines is 1. The first kappa shape index (κ1) is 78.0. The van der Waals surface area contributed by atoms with Gasteiger partial charge in [0.1, 0.15) is 23.4 Å². The molecule has 2 atom stereocenters. The van der Waals surface area contributed by atoms with Crippen LogP contribution in [0.2, 0.25) is 0 Å². The Bertz CT molecular complexity index is 3240. The molecular weight excluding hydrogens is 1260 g/mol. The number of nitrogens with zero attached hydrogens (tertiary/aromatic N) is 6. The molecule has 5 amide bonds. The Morgan fingerprint density at radius 3 is 1.94 bits per heavy atom. The standard InChI is InChI=1S/C63H98N14O17S/c1-7-75-23-21-73(4)22-24-77(44-57(81)82)28-27-76(26-25-75)43-56(80)71-51(14-15-55(79)65-20-32-90-6)61(85)66-17-10-30-92-34-36-93-35-33-91-29-9-16-64-54(78)11-8-31-94-48-37-45(2)59(46(3)38-48)95(88,89)72-52(62(86)87)41-69-60(84)50-42-74(5)53-39-47(12-13-49(53)58(50)83)40-70-63-67-18-19-68-63/h12-13,18-19,37-39,42,51-52,72H,7-11,14-17,20-36,40-41,43-44H2,1-6H3,(H,64,78)(H,65,79)(H,66,85)(H,69,84)(H,71,80)(H,81,82)(H,86,87)(H2,67,68,70)/t51-,52?/m1/s1. The number of amides is 5. The van der Waals surface area contributed by atoms with Crippen molar-refractivity contribution < 1.29 is 75.9 Å². The number of benzene rings is 2.